The van der Waals surface area contributed by atoms with Crippen LogP contribution in [0.5, 0.6) is 5.75 Å². The minimum atomic E-state index is -3.58. The van der Waals surface area contributed by atoms with Crippen molar-refractivity contribution in [3.8, 4) is 5.75 Å². The van der Waals surface area contributed by atoms with Crippen molar-refractivity contribution in [1.82, 2.24) is 14.1 Å². The second-order valence-electron chi connectivity index (χ2n) is 7.60. The molecule has 4 rings (SSSR count). The first-order chi connectivity index (χ1) is 13.9. The monoisotopic (exact) mass is 419 g/mol. The number of benzene rings is 1. The first kappa shape index (κ1) is 20.1. The van der Waals surface area contributed by atoms with Gasteiger partial charge in [0.05, 0.1) is 30.5 Å². The van der Waals surface area contributed by atoms with Gasteiger partial charge in [-0.15, -0.1) is 0 Å². The molecule has 0 saturated carbocycles. The molecule has 3 aliphatic rings. The van der Waals surface area contributed by atoms with Gasteiger partial charge in [0.2, 0.25) is 21.8 Å². The molecule has 2 aliphatic heterocycles. The van der Waals surface area contributed by atoms with E-state index in [1.807, 2.05) is 17.1 Å². The molecule has 2 atom stereocenters. The molecule has 156 valence electrons. The van der Waals surface area contributed by atoms with Crippen LogP contribution in [-0.4, -0.2) is 74.3 Å². The molecule has 8 nitrogen and oxygen atoms in total. The highest BCUT2D eigenvalue weighted by molar-refractivity contribution is 7.89. The molecule has 0 unspecified atom stereocenters. The van der Waals surface area contributed by atoms with E-state index in [2.05, 4.69) is 0 Å². The maximum absolute atomic E-state index is 12.9. The highest BCUT2D eigenvalue weighted by Crippen LogP contribution is 2.35. The normalized spacial score (nSPS) is 26.0. The molecule has 2 heterocycles. The van der Waals surface area contributed by atoms with Gasteiger partial charge in [-0.3, -0.25) is 19.4 Å². The zero-order valence-corrected chi connectivity index (χ0v) is 17.2. The Hall–Kier alpha value is -2.23. The number of carbonyl (C=O) groups is 2. The zero-order chi connectivity index (χ0) is 20.6. The number of fused-ring (bicyclic) bond motifs is 1. The second kappa shape index (κ2) is 7.89. The molecule has 0 N–H and O–H groups in total. The first-order valence-corrected chi connectivity index (χ1v) is 11.2. The largest absolute Gasteiger partial charge is 0.497 e. The van der Waals surface area contributed by atoms with Crippen molar-refractivity contribution < 1.29 is 22.7 Å². The van der Waals surface area contributed by atoms with Crippen molar-refractivity contribution in [2.45, 2.75) is 17.7 Å². The molecule has 1 aromatic carbocycles. The van der Waals surface area contributed by atoms with Crippen molar-refractivity contribution in [3.05, 3.63) is 36.4 Å². The van der Waals surface area contributed by atoms with Gasteiger partial charge >= 0.3 is 0 Å². The lowest BCUT2D eigenvalue weighted by atomic mass is 9.85. The van der Waals surface area contributed by atoms with Gasteiger partial charge in [0, 0.05) is 26.2 Å². The molecule has 2 saturated heterocycles. The summed E-state index contributed by atoms with van der Waals surface area (Å²) in [4.78, 5) is 28.8. The third kappa shape index (κ3) is 3.70. The number of hydrogen-bond donors (Lipinski definition) is 0. The van der Waals surface area contributed by atoms with Crippen LogP contribution in [0.1, 0.15) is 12.8 Å². The fourth-order valence-corrected chi connectivity index (χ4v) is 5.64. The van der Waals surface area contributed by atoms with E-state index < -0.39 is 10.0 Å². The summed E-state index contributed by atoms with van der Waals surface area (Å²) in [6, 6.07) is 6.33. The van der Waals surface area contributed by atoms with E-state index in [0.717, 1.165) is 0 Å². The van der Waals surface area contributed by atoms with Gasteiger partial charge < -0.3 is 4.74 Å². The SMILES string of the molecule is COc1ccc(S(=O)(=O)N2CCN(CN3C(=O)[C@H]4CC=CC[C@H]4C3=O)CC2)cc1. The van der Waals surface area contributed by atoms with Crippen LogP contribution in [0.2, 0.25) is 0 Å². The third-order valence-electron chi connectivity index (χ3n) is 5.97. The van der Waals surface area contributed by atoms with E-state index in [9.17, 15) is 18.0 Å². The zero-order valence-electron chi connectivity index (χ0n) is 16.4. The molecule has 2 fully saturated rings. The van der Waals surface area contributed by atoms with Crippen LogP contribution in [0, 0.1) is 11.8 Å². The number of carbonyl (C=O) groups excluding carboxylic acids is 2. The van der Waals surface area contributed by atoms with Crippen molar-refractivity contribution in [2.24, 2.45) is 11.8 Å². The predicted octanol–water partition coefficient (Wildman–Crippen LogP) is 0.910. The number of allylic oxidation sites excluding steroid dienone is 2. The standard InChI is InChI=1S/C20H25N3O5S/c1-28-15-6-8-16(9-7-15)29(26,27)22-12-10-21(11-13-22)14-23-19(24)17-4-2-3-5-18(17)20(23)25/h2-3,6-9,17-18H,4-5,10-14H2,1H3/t17-,18+. The van der Waals surface area contributed by atoms with Crippen LogP contribution in [0.25, 0.3) is 0 Å². The Morgan fingerprint density at radius 3 is 2.00 bits per heavy atom. The van der Waals surface area contributed by atoms with Gasteiger partial charge in [0.25, 0.3) is 0 Å². The van der Waals surface area contributed by atoms with Crippen molar-refractivity contribution in [2.75, 3.05) is 40.0 Å². The maximum Gasteiger partial charge on any atom is 0.243 e. The number of nitrogens with zero attached hydrogens (tertiary/aromatic N) is 3. The van der Waals surface area contributed by atoms with Crippen LogP contribution < -0.4 is 4.74 Å². The summed E-state index contributed by atoms with van der Waals surface area (Å²) in [5.74, 6) is -0.0618. The summed E-state index contributed by atoms with van der Waals surface area (Å²) in [6.07, 6.45) is 5.19. The van der Waals surface area contributed by atoms with Gasteiger partial charge in [0.1, 0.15) is 5.75 Å². The van der Waals surface area contributed by atoms with Crippen molar-refractivity contribution in [1.29, 1.82) is 0 Å². The second-order valence-corrected chi connectivity index (χ2v) is 9.54. The summed E-state index contributed by atoms with van der Waals surface area (Å²) in [6.45, 7) is 1.82. The highest BCUT2D eigenvalue weighted by atomic mass is 32.2. The number of rotatable bonds is 5. The minimum absolute atomic E-state index is 0.0994. The van der Waals surface area contributed by atoms with Gasteiger partial charge in [-0.2, -0.15) is 4.31 Å². The molecule has 0 aromatic heterocycles. The fourth-order valence-electron chi connectivity index (χ4n) is 4.22. The van der Waals surface area contributed by atoms with E-state index in [-0.39, 0.29) is 35.2 Å². The van der Waals surface area contributed by atoms with E-state index in [1.165, 1.54) is 28.4 Å². The average Bonchev–Trinajstić information content (AvgIpc) is 2.99. The third-order valence-corrected chi connectivity index (χ3v) is 7.88. The summed E-state index contributed by atoms with van der Waals surface area (Å²) in [5.41, 5.74) is 0. The smallest absolute Gasteiger partial charge is 0.243 e. The lowest BCUT2D eigenvalue weighted by Gasteiger charge is -2.35. The highest BCUT2D eigenvalue weighted by Gasteiger charge is 2.47. The fraction of sp³-hybridized carbons (Fsp3) is 0.500. The lowest BCUT2D eigenvalue weighted by Crippen LogP contribution is -2.52. The van der Waals surface area contributed by atoms with E-state index in [0.29, 0.717) is 44.8 Å². The quantitative estimate of drug-likeness (QED) is 0.521. The van der Waals surface area contributed by atoms with Gasteiger partial charge in [-0.1, -0.05) is 12.2 Å². The molecular weight excluding hydrogens is 394 g/mol. The molecule has 0 spiro atoms. The molecular formula is C20H25N3O5S. The Balaban J connectivity index is 1.37. The summed E-state index contributed by atoms with van der Waals surface area (Å²) in [7, 11) is -2.05. The Kier molecular flexibility index (Phi) is 5.46. The van der Waals surface area contributed by atoms with E-state index in [4.69, 9.17) is 4.74 Å². The summed E-state index contributed by atoms with van der Waals surface area (Å²) >= 11 is 0. The van der Waals surface area contributed by atoms with Crippen LogP contribution in [0.3, 0.4) is 0 Å². The molecule has 1 aromatic rings. The van der Waals surface area contributed by atoms with Crippen LogP contribution in [-0.2, 0) is 19.6 Å². The lowest BCUT2D eigenvalue weighted by molar-refractivity contribution is -0.142. The Morgan fingerprint density at radius 1 is 0.931 bits per heavy atom. The minimum Gasteiger partial charge on any atom is -0.497 e. The van der Waals surface area contributed by atoms with E-state index in [1.54, 1.807) is 12.1 Å². The number of methoxy groups -OCH3 is 1. The van der Waals surface area contributed by atoms with Crippen LogP contribution >= 0.6 is 0 Å². The number of imide groups is 1. The van der Waals surface area contributed by atoms with Crippen LogP contribution in [0.15, 0.2) is 41.3 Å². The number of piperazine rings is 1. The Bertz CT molecular complexity index is 894. The van der Waals surface area contributed by atoms with Crippen LogP contribution in [0.4, 0.5) is 0 Å². The maximum atomic E-state index is 12.9. The van der Waals surface area contributed by atoms with Gasteiger partial charge in [-0.05, 0) is 37.1 Å². The van der Waals surface area contributed by atoms with Gasteiger partial charge in [0.15, 0.2) is 0 Å². The van der Waals surface area contributed by atoms with E-state index >= 15 is 0 Å². The molecule has 0 bridgehead atoms. The first-order valence-electron chi connectivity index (χ1n) is 9.78. The summed E-state index contributed by atoms with van der Waals surface area (Å²) < 4.78 is 32.2. The average molecular weight is 420 g/mol. The molecule has 2 amide bonds. The Labute approximate surface area is 170 Å². The van der Waals surface area contributed by atoms with Gasteiger partial charge in [-0.25, -0.2) is 8.42 Å². The van der Waals surface area contributed by atoms with Crippen molar-refractivity contribution in [3.63, 3.8) is 0 Å². The number of likely N-dealkylation sites (tertiary alicyclic amines) is 1. The van der Waals surface area contributed by atoms with Crippen molar-refractivity contribution >= 4 is 21.8 Å². The number of sulfonamides is 1. The molecule has 1 aliphatic carbocycles. The number of amides is 2. The Morgan fingerprint density at radius 2 is 1.48 bits per heavy atom. The molecule has 9 heteroatoms. The topological polar surface area (TPSA) is 87.2 Å². The molecule has 29 heavy (non-hydrogen) atoms. The molecule has 0 radical (unpaired) electrons. The summed E-state index contributed by atoms with van der Waals surface area (Å²) in [5, 5.41) is 0. The number of ether oxygens (including phenoxy) is 1. The number of hydrogen-bond acceptors (Lipinski definition) is 6. The predicted molar refractivity (Wildman–Crippen MR) is 105 cm³/mol.